The maximum atomic E-state index is 12.9. The van der Waals surface area contributed by atoms with E-state index in [0.29, 0.717) is 12.6 Å². The number of benzene rings is 2. The van der Waals surface area contributed by atoms with Crippen molar-refractivity contribution in [3.8, 4) is 11.1 Å². The van der Waals surface area contributed by atoms with E-state index in [2.05, 4.69) is 78.8 Å². The van der Waals surface area contributed by atoms with Crippen molar-refractivity contribution >= 4 is 16.8 Å². The molecule has 1 aromatic heterocycles. The maximum absolute atomic E-state index is 12.9. The van der Waals surface area contributed by atoms with Crippen molar-refractivity contribution < 1.29 is 4.79 Å². The Morgan fingerprint density at radius 2 is 1.61 bits per heavy atom. The Labute approximate surface area is 167 Å². The van der Waals surface area contributed by atoms with Crippen LogP contribution in [0.1, 0.15) is 19.4 Å². The van der Waals surface area contributed by atoms with Crippen molar-refractivity contribution in [2.75, 3.05) is 26.2 Å². The molecule has 146 valence electrons. The summed E-state index contributed by atoms with van der Waals surface area (Å²) in [7, 11) is 0. The lowest BCUT2D eigenvalue weighted by molar-refractivity contribution is -0.133. The van der Waals surface area contributed by atoms with Gasteiger partial charge in [0.2, 0.25) is 5.91 Å². The van der Waals surface area contributed by atoms with Gasteiger partial charge in [0, 0.05) is 43.9 Å². The second-order valence-corrected chi connectivity index (χ2v) is 8.09. The van der Waals surface area contributed by atoms with Crippen LogP contribution in [0.3, 0.4) is 0 Å². The van der Waals surface area contributed by atoms with Crippen LogP contribution in [-0.2, 0) is 11.3 Å². The molecule has 0 spiro atoms. The molecular weight excluding hydrogens is 346 g/mol. The van der Waals surface area contributed by atoms with Gasteiger partial charge in [0.1, 0.15) is 6.54 Å². The molecule has 0 atom stereocenters. The van der Waals surface area contributed by atoms with Gasteiger partial charge in [0.25, 0.3) is 0 Å². The standard InChI is InChI=1S/C24H29N3O/c1-18(2)25-12-14-26(15-13-25)24(28)17-27-11-10-21-8-9-22(16-23(21)27)20-6-4-19(3)5-7-20/h4-11,16,18H,12-15,17H2,1-3H3. The maximum Gasteiger partial charge on any atom is 0.242 e. The summed E-state index contributed by atoms with van der Waals surface area (Å²) in [6.07, 6.45) is 2.03. The SMILES string of the molecule is Cc1ccc(-c2ccc3ccn(CC(=O)N4CCN(C(C)C)CC4)c3c2)cc1. The van der Waals surface area contributed by atoms with Crippen LogP contribution in [-0.4, -0.2) is 52.5 Å². The lowest BCUT2D eigenvalue weighted by atomic mass is 10.0. The number of aromatic nitrogens is 1. The summed E-state index contributed by atoms with van der Waals surface area (Å²) < 4.78 is 2.09. The van der Waals surface area contributed by atoms with Gasteiger partial charge in [0.05, 0.1) is 0 Å². The summed E-state index contributed by atoms with van der Waals surface area (Å²) in [6.45, 7) is 10.5. The number of amides is 1. The van der Waals surface area contributed by atoms with Gasteiger partial charge >= 0.3 is 0 Å². The molecule has 0 bridgehead atoms. The van der Waals surface area contributed by atoms with E-state index in [1.807, 2.05) is 11.1 Å². The molecular formula is C24H29N3O. The van der Waals surface area contributed by atoms with E-state index < -0.39 is 0 Å². The van der Waals surface area contributed by atoms with Crippen LogP contribution >= 0.6 is 0 Å². The minimum absolute atomic E-state index is 0.210. The van der Waals surface area contributed by atoms with Gasteiger partial charge in [-0.1, -0.05) is 42.0 Å². The first-order valence-corrected chi connectivity index (χ1v) is 10.2. The van der Waals surface area contributed by atoms with E-state index >= 15 is 0 Å². The highest BCUT2D eigenvalue weighted by Crippen LogP contribution is 2.25. The number of piperazine rings is 1. The molecule has 1 saturated heterocycles. The molecule has 1 aliphatic rings. The van der Waals surface area contributed by atoms with Crippen LogP contribution in [0.25, 0.3) is 22.0 Å². The molecule has 28 heavy (non-hydrogen) atoms. The van der Waals surface area contributed by atoms with Crippen molar-refractivity contribution in [1.29, 1.82) is 0 Å². The highest BCUT2D eigenvalue weighted by atomic mass is 16.2. The monoisotopic (exact) mass is 375 g/mol. The van der Waals surface area contributed by atoms with Crippen LogP contribution < -0.4 is 0 Å². The molecule has 3 aromatic rings. The van der Waals surface area contributed by atoms with Gasteiger partial charge in [-0.25, -0.2) is 0 Å². The van der Waals surface area contributed by atoms with Crippen LogP contribution in [0.2, 0.25) is 0 Å². The highest BCUT2D eigenvalue weighted by molar-refractivity contribution is 5.87. The Balaban J connectivity index is 1.52. The Bertz CT molecular complexity index is 963. The van der Waals surface area contributed by atoms with Gasteiger partial charge < -0.3 is 9.47 Å². The number of carbonyl (C=O) groups is 1. The van der Waals surface area contributed by atoms with Crippen LogP contribution in [0, 0.1) is 6.92 Å². The van der Waals surface area contributed by atoms with Crippen LogP contribution in [0.5, 0.6) is 0 Å². The Kier molecular flexibility index (Phi) is 5.23. The number of rotatable bonds is 4. The van der Waals surface area contributed by atoms with Gasteiger partial charge in [-0.3, -0.25) is 9.69 Å². The normalized spacial score (nSPS) is 15.5. The third-order valence-electron chi connectivity index (χ3n) is 5.86. The van der Waals surface area contributed by atoms with E-state index in [1.54, 1.807) is 0 Å². The van der Waals surface area contributed by atoms with Crippen molar-refractivity contribution in [2.24, 2.45) is 0 Å². The van der Waals surface area contributed by atoms with Crippen molar-refractivity contribution in [2.45, 2.75) is 33.4 Å². The average Bonchev–Trinajstić information content (AvgIpc) is 3.10. The van der Waals surface area contributed by atoms with E-state index in [9.17, 15) is 4.79 Å². The fourth-order valence-corrected chi connectivity index (χ4v) is 3.98. The first-order chi connectivity index (χ1) is 13.5. The van der Waals surface area contributed by atoms with E-state index in [4.69, 9.17) is 0 Å². The molecule has 1 aliphatic heterocycles. The molecule has 0 aliphatic carbocycles. The molecule has 1 fully saturated rings. The molecule has 4 heteroatoms. The fourth-order valence-electron chi connectivity index (χ4n) is 3.98. The predicted octanol–water partition coefficient (Wildman–Crippen LogP) is 4.17. The average molecular weight is 376 g/mol. The third-order valence-corrected chi connectivity index (χ3v) is 5.86. The summed E-state index contributed by atoms with van der Waals surface area (Å²) in [5.41, 5.74) is 4.77. The van der Waals surface area contributed by atoms with Gasteiger partial charge in [0.15, 0.2) is 0 Å². The van der Waals surface area contributed by atoms with E-state index in [-0.39, 0.29) is 5.91 Å². The molecule has 0 unspecified atom stereocenters. The highest BCUT2D eigenvalue weighted by Gasteiger charge is 2.22. The van der Waals surface area contributed by atoms with E-state index in [1.165, 1.54) is 22.1 Å². The van der Waals surface area contributed by atoms with Crippen molar-refractivity contribution in [3.05, 3.63) is 60.3 Å². The van der Waals surface area contributed by atoms with E-state index in [0.717, 1.165) is 31.7 Å². The second kappa shape index (κ2) is 7.80. The lowest BCUT2D eigenvalue weighted by Gasteiger charge is -2.37. The Hall–Kier alpha value is -2.59. The predicted molar refractivity (Wildman–Crippen MR) is 115 cm³/mol. The molecule has 1 amide bonds. The number of hydrogen-bond donors (Lipinski definition) is 0. The molecule has 2 heterocycles. The van der Waals surface area contributed by atoms with Gasteiger partial charge in [-0.05, 0) is 49.4 Å². The largest absolute Gasteiger partial charge is 0.339 e. The fraction of sp³-hybridized carbons (Fsp3) is 0.375. The molecule has 0 radical (unpaired) electrons. The summed E-state index contributed by atoms with van der Waals surface area (Å²) >= 11 is 0. The smallest absolute Gasteiger partial charge is 0.242 e. The van der Waals surface area contributed by atoms with Crippen LogP contribution in [0.4, 0.5) is 0 Å². The molecule has 2 aromatic carbocycles. The zero-order valence-corrected chi connectivity index (χ0v) is 17.1. The molecule has 4 rings (SSSR count). The first kappa shape index (κ1) is 18.8. The zero-order chi connectivity index (χ0) is 19.7. The number of carbonyl (C=O) groups excluding carboxylic acids is 1. The Morgan fingerprint density at radius 3 is 2.29 bits per heavy atom. The van der Waals surface area contributed by atoms with Crippen molar-refractivity contribution in [3.63, 3.8) is 0 Å². The number of fused-ring (bicyclic) bond motifs is 1. The number of hydrogen-bond acceptors (Lipinski definition) is 2. The topological polar surface area (TPSA) is 28.5 Å². The third kappa shape index (κ3) is 3.83. The first-order valence-electron chi connectivity index (χ1n) is 10.2. The molecule has 0 saturated carbocycles. The number of nitrogens with zero attached hydrogens (tertiary/aromatic N) is 3. The minimum atomic E-state index is 0.210. The summed E-state index contributed by atoms with van der Waals surface area (Å²) in [5.74, 6) is 0.210. The summed E-state index contributed by atoms with van der Waals surface area (Å²) in [4.78, 5) is 17.3. The quantitative estimate of drug-likeness (QED) is 0.685. The Morgan fingerprint density at radius 1 is 0.929 bits per heavy atom. The second-order valence-electron chi connectivity index (χ2n) is 8.09. The minimum Gasteiger partial charge on any atom is -0.339 e. The van der Waals surface area contributed by atoms with Gasteiger partial charge in [-0.15, -0.1) is 0 Å². The molecule has 4 nitrogen and oxygen atoms in total. The molecule has 0 N–H and O–H groups in total. The van der Waals surface area contributed by atoms with Gasteiger partial charge in [-0.2, -0.15) is 0 Å². The number of aryl methyl sites for hydroxylation is 1. The summed E-state index contributed by atoms with van der Waals surface area (Å²) in [5, 5.41) is 1.17. The summed E-state index contributed by atoms with van der Waals surface area (Å²) in [6, 6.07) is 17.7. The lowest BCUT2D eigenvalue weighted by Crippen LogP contribution is -2.51. The zero-order valence-electron chi connectivity index (χ0n) is 17.1. The van der Waals surface area contributed by atoms with Crippen LogP contribution in [0.15, 0.2) is 54.7 Å². The van der Waals surface area contributed by atoms with Crippen molar-refractivity contribution in [1.82, 2.24) is 14.4 Å².